The van der Waals surface area contributed by atoms with Crippen LogP contribution in [0.4, 0.5) is 10.6 Å². The number of aliphatic carboxylic acids is 1. The van der Waals surface area contributed by atoms with Crippen LogP contribution >= 0.6 is 0 Å². The molecule has 0 spiro atoms. The van der Waals surface area contributed by atoms with E-state index >= 15 is 0 Å². The molecule has 0 bridgehead atoms. The Balaban J connectivity index is 1.45. The van der Waals surface area contributed by atoms with Crippen molar-refractivity contribution >= 4 is 17.8 Å². The van der Waals surface area contributed by atoms with Crippen molar-refractivity contribution < 1.29 is 14.7 Å². The maximum absolute atomic E-state index is 12.2. The van der Waals surface area contributed by atoms with Crippen molar-refractivity contribution in [2.75, 3.05) is 31.1 Å². The highest BCUT2D eigenvalue weighted by molar-refractivity contribution is 5.75. The average Bonchev–Trinajstić information content (AvgIpc) is 2.67. The van der Waals surface area contributed by atoms with Gasteiger partial charge in [-0.1, -0.05) is 6.07 Å². The number of carbonyl (C=O) groups is 2. The van der Waals surface area contributed by atoms with Crippen LogP contribution in [0.5, 0.6) is 0 Å². The third-order valence-electron chi connectivity index (χ3n) is 5.06. The van der Waals surface area contributed by atoms with Crippen molar-refractivity contribution in [3.8, 4) is 0 Å². The van der Waals surface area contributed by atoms with E-state index in [1.807, 2.05) is 18.3 Å². The number of hydrogen-bond acceptors (Lipinski definition) is 4. The summed E-state index contributed by atoms with van der Waals surface area (Å²) in [5.74, 6) is -0.0824. The zero-order chi connectivity index (χ0) is 17.6. The molecule has 136 valence electrons. The minimum atomic E-state index is -0.764. The number of urea groups is 1. The summed E-state index contributed by atoms with van der Waals surface area (Å²) in [5.41, 5.74) is 0.967. The molecule has 3 heterocycles. The van der Waals surface area contributed by atoms with Gasteiger partial charge < -0.3 is 20.2 Å². The fraction of sp³-hybridized carbons (Fsp3) is 0.611. The van der Waals surface area contributed by atoms with Crippen LogP contribution in [0.25, 0.3) is 0 Å². The van der Waals surface area contributed by atoms with Gasteiger partial charge in [-0.3, -0.25) is 4.79 Å². The van der Waals surface area contributed by atoms with E-state index in [1.54, 1.807) is 4.90 Å². The molecule has 2 aliphatic rings. The molecule has 0 aliphatic carbocycles. The van der Waals surface area contributed by atoms with E-state index in [9.17, 15) is 9.59 Å². The molecule has 1 aromatic rings. The van der Waals surface area contributed by atoms with E-state index in [0.717, 1.165) is 24.5 Å². The monoisotopic (exact) mass is 346 g/mol. The Labute approximate surface area is 148 Å². The predicted octanol–water partition coefficient (Wildman–Crippen LogP) is 2.08. The molecule has 0 unspecified atom stereocenters. The van der Waals surface area contributed by atoms with Gasteiger partial charge in [0.1, 0.15) is 5.82 Å². The number of carboxylic acid groups (broad SMARTS) is 1. The molecular weight excluding hydrogens is 320 g/mol. The number of nitrogens with one attached hydrogen (secondary N) is 1. The van der Waals surface area contributed by atoms with Crippen LogP contribution in [0.1, 0.15) is 37.7 Å². The normalized spacial score (nSPS) is 18.9. The molecule has 2 saturated heterocycles. The van der Waals surface area contributed by atoms with Crippen LogP contribution in [0.15, 0.2) is 18.3 Å². The molecule has 0 atom stereocenters. The summed E-state index contributed by atoms with van der Waals surface area (Å²) in [6.45, 7) is 3.56. The van der Waals surface area contributed by atoms with Crippen LogP contribution in [0.2, 0.25) is 0 Å². The summed E-state index contributed by atoms with van der Waals surface area (Å²) >= 11 is 0. The first-order valence-corrected chi connectivity index (χ1v) is 9.09. The lowest BCUT2D eigenvalue weighted by molar-refractivity contribution is -0.143. The zero-order valence-electron chi connectivity index (χ0n) is 14.5. The molecule has 7 nitrogen and oxygen atoms in total. The van der Waals surface area contributed by atoms with E-state index in [-0.39, 0.29) is 11.9 Å². The van der Waals surface area contributed by atoms with Gasteiger partial charge in [-0.15, -0.1) is 0 Å². The highest BCUT2D eigenvalue weighted by atomic mass is 16.4. The van der Waals surface area contributed by atoms with Crippen LogP contribution in [0, 0.1) is 5.92 Å². The quantitative estimate of drug-likeness (QED) is 0.872. The Morgan fingerprint density at radius 1 is 1.12 bits per heavy atom. The summed E-state index contributed by atoms with van der Waals surface area (Å²) in [5, 5.41) is 11.9. The van der Waals surface area contributed by atoms with Crippen molar-refractivity contribution in [1.29, 1.82) is 0 Å². The summed E-state index contributed by atoms with van der Waals surface area (Å²) in [7, 11) is 0. The SMILES string of the molecule is O=C(O)C1CCN(C(=O)NCc2ccc(N3CCCCC3)nc2)CC1. The molecule has 2 aliphatic heterocycles. The van der Waals surface area contributed by atoms with Gasteiger partial charge in [0.15, 0.2) is 0 Å². The molecule has 3 rings (SSSR count). The summed E-state index contributed by atoms with van der Waals surface area (Å²) < 4.78 is 0. The van der Waals surface area contributed by atoms with Crippen molar-refractivity contribution in [3.63, 3.8) is 0 Å². The summed E-state index contributed by atoms with van der Waals surface area (Å²) in [4.78, 5) is 31.7. The lowest BCUT2D eigenvalue weighted by Gasteiger charge is -2.30. The summed E-state index contributed by atoms with van der Waals surface area (Å²) in [6, 6.07) is 3.89. The molecule has 2 amide bonds. The van der Waals surface area contributed by atoms with E-state index < -0.39 is 5.97 Å². The van der Waals surface area contributed by atoms with Crippen LogP contribution < -0.4 is 10.2 Å². The number of likely N-dealkylation sites (tertiary alicyclic amines) is 1. The number of rotatable bonds is 4. The van der Waals surface area contributed by atoms with E-state index in [2.05, 4.69) is 15.2 Å². The molecule has 0 radical (unpaired) electrons. The van der Waals surface area contributed by atoms with Gasteiger partial charge in [-0.25, -0.2) is 9.78 Å². The van der Waals surface area contributed by atoms with E-state index in [4.69, 9.17) is 5.11 Å². The first-order chi connectivity index (χ1) is 12.1. The van der Waals surface area contributed by atoms with Crippen LogP contribution in [-0.4, -0.2) is 53.2 Å². The van der Waals surface area contributed by atoms with E-state index in [1.165, 1.54) is 19.3 Å². The number of hydrogen-bond donors (Lipinski definition) is 2. The highest BCUT2D eigenvalue weighted by Crippen LogP contribution is 2.18. The van der Waals surface area contributed by atoms with E-state index in [0.29, 0.717) is 32.5 Å². The number of carboxylic acids is 1. The highest BCUT2D eigenvalue weighted by Gasteiger charge is 2.26. The van der Waals surface area contributed by atoms with Gasteiger partial charge in [-0.05, 0) is 43.7 Å². The molecule has 7 heteroatoms. The maximum Gasteiger partial charge on any atom is 0.317 e. The van der Waals surface area contributed by atoms with Crippen molar-refractivity contribution in [2.45, 2.75) is 38.6 Å². The molecule has 0 saturated carbocycles. The van der Waals surface area contributed by atoms with Crippen LogP contribution in [-0.2, 0) is 11.3 Å². The van der Waals surface area contributed by atoms with Gasteiger partial charge in [0, 0.05) is 38.9 Å². The van der Waals surface area contributed by atoms with Crippen molar-refractivity contribution in [1.82, 2.24) is 15.2 Å². The Kier molecular flexibility index (Phi) is 5.73. The molecule has 2 N–H and O–H groups in total. The Bertz CT molecular complexity index is 591. The topological polar surface area (TPSA) is 85.8 Å². The molecule has 1 aromatic heterocycles. The van der Waals surface area contributed by atoms with Gasteiger partial charge in [0.25, 0.3) is 0 Å². The zero-order valence-corrected chi connectivity index (χ0v) is 14.5. The van der Waals surface area contributed by atoms with Crippen LogP contribution in [0.3, 0.4) is 0 Å². The standard InChI is InChI=1S/C18H26N4O3/c23-17(24)15-6-10-22(11-7-15)18(25)20-13-14-4-5-16(19-12-14)21-8-2-1-3-9-21/h4-5,12,15H,1-3,6-11,13H2,(H,20,25)(H,23,24). The first kappa shape index (κ1) is 17.5. The third kappa shape index (κ3) is 4.61. The first-order valence-electron chi connectivity index (χ1n) is 9.09. The minimum Gasteiger partial charge on any atom is -0.481 e. The average molecular weight is 346 g/mol. The van der Waals surface area contributed by atoms with Gasteiger partial charge >= 0.3 is 12.0 Å². The van der Waals surface area contributed by atoms with Gasteiger partial charge in [0.2, 0.25) is 0 Å². The number of anilines is 1. The van der Waals surface area contributed by atoms with Crippen molar-refractivity contribution in [2.24, 2.45) is 5.92 Å². The molecule has 2 fully saturated rings. The second-order valence-corrected chi connectivity index (χ2v) is 6.83. The molecule has 25 heavy (non-hydrogen) atoms. The lowest BCUT2D eigenvalue weighted by Crippen LogP contribution is -2.45. The number of piperidine rings is 2. The number of pyridine rings is 1. The number of aromatic nitrogens is 1. The molecule has 0 aromatic carbocycles. The smallest absolute Gasteiger partial charge is 0.317 e. The predicted molar refractivity (Wildman–Crippen MR) is 94.5 cm³/mol. The second kappa shape index (κ2) is 8.18. The fourth-order valence-electron chi connectivity index (χ4n) is 3.45. The number of amides is 2. The largest absolute Gasteiger partial charge is 0.481 e. The lowest BCUT2D eigenvalue weighted by atomic mass is 9.97. The number of carbonyl (C=O) groups excluding carboxylic acids is 1. The maximum atomic E-state index is 12.2. The Morgan fingerprint density at radius 2 is 1.84 bits per heavy atom. The third-order valence-corrected chi connectivity index (χ3v) is 5.06. The Hall–Kier alpha value is -2.31. The second-order valence-electron chi connectivity index (χ2n) is 6.83. The summed E-state index contributed by atoms with van der Waals surface area (Å²) in [6.07, 6.45) is 6.60. The minimum absolute atomic E-state index is 0.135. The molecular formula is C18H26N4O3. The fourth-order valence-corrected chi connectivity index (χ4v) is 3.45. The van der Waals surface area contributed by atoms with Gasteiger partial charge in [0.05, 0.1) is 5.92 Å². The number of nitrogens with zero attached hydrogens (tertiary/aromatic N) is 3. The van der Waals surface area contributed by atoms with Crippen molar-refractivity contribution in [3.05, 3.63) is 23.9 Å². The Morgan fingerprint density at radius 3 is 2.44 bits per heavy atom. The van der Waals surface area contributed by atoms with Gasteiger partial charge in [-0.2, -0.15) is 0 Å².